The Morgan fingerprint density at radius 3 is 1.93 bits per heavy atom. The molecule has 4 fully saturated rings. The van der Waals surface area contributed by atoms with E-state index in [1.54, 1.807) is 6.07 Å². The Hall–Kier alpha value is -3.53. The molecular formula is C61H93FO8. The Bertz CT molecular complexity index is 1760. The topological polar surface area (TPSA) is 101 Å². The number of aliphatic hydroxyl groups excluding tert-OH is 1. The minimum atomic E-state index is -0.672. The number of hydrogen-bond acceptors (Lipinski definition) is 8. The van der Waals surface area contributed by atoms with Crippen LogP contribution < -0.4 is 4.74 Å². The maximum atomic E-state index is 14.5. The van der Waals surface area contributed by atoms with Crippen LogP contribution in [0.2, 0.25) is 0 Å². The van der Waals surface area contributed by atoms with Gasteiger partial charge in [-0.25, -0.2) is 19.0 Å². The molecule has 0 bridgehead atoms. The van der Waals surface area contributed by atoms with Crippen molar-refractivity contribution < 1.29 is 43.1 Å². The second-order valence-electron chi connectivity index (χ2n) is 21.2. The fourth-order valence-corrected chi connectivity index (χ4v) is 11.1. The summed E-state index contributed by atoms with van der Waals surface area (Å²) in [5.74, 6) is 3.44. The zero-order valence-electron chi connectivity index (χ0n) is 43.8. The first-order chi connectivity index (χ1) is 34.3. The molecule has 0 saturated heterocycles. The summed E-state index contributed by atoms with van der Waals surface area (Å²) in [5, 5.41) is 8.78. The van der Waals surface area contributed by atoms with Gasteiger partial charge in [-0.05, 0) is 201 Å². The first kappa shape index (κ1) is 57.4. The lowest BCUT2D eigenvalue weighted by Crippen LogP contribution is -2.31. The molecule has 0 atom stereocenters. The summed E-state index contributed by atoms with van der Waals surface area (Å²) in [6, 6.07) is 13.5. The Kier molecular flexibility index (Phi) is 27.9. The van der Waals surface area contributed by atoms with Crippen molar-refractivity contribution >= 4 is 18.0 Å². The van der Waals surface area contributed by atoms with Gasteiger partial charge >= 0.3 is 11.9 Å². The quantitative estimate of drug-likeness (QED) is 0.0311. The molecule has 0 unspecified atom stereocenters. The van der Waals surface area contributed by atoms with Crippen LogP contribution in [0.15, 0.2) is 60.7 Å². The van der Waals surface area contributed by atoms with E-state index in [2.05, 4.69) is 69.3 Å². The molecule has 0 radical (unpaired) electrons. The van der Waals surface area contributed by atoms with Crippen LogP contribution >= 0.6 is 0 Å². The molecule has 0 spiro atoms. The largest absolute Gasteiger partial charge is 0.493 e. The zero-order chi connectivity index (χ0) is 49.6. The molecule has 6 rings (SSSR count). The van der Waals surface area contributed by atoms with Crippen molar-refractivity contribution in [2.75, 3.05) is 33.0 Å². The molecule has 8 nitrogen and oxygen atoms in total. The number of benzene rings is 2. The number of aliphatic hydroxyl groups is 1. The van der Waals surface area contributed by atoms with E-state index >= 15 is 0 Å². The monoisotopic (exact) mass is 973 g/mol. The van der Waals surface area contributed by atoms with Crippen LogP contribution in [-0.4, -0.2) is 56.2 Å². The van der Waals surface area contributed by atoms with Gasteiger partial charge in [0.05, 0.1) is 37.9 Å². The van der Waals surface area contributed by atoms with E-state index in [-0.39, 0.29) is 36.8 Å². The molecule has 70 heavy (non-hydrogen) atoms. The Morgan fingerprint density at radius 1 is 0.643 bits per heavy atom. The van der Waals surface area contributed by atoms with Crippen LogP contribution in [0.1, 0.15) is 222 Å². The molecule has 392 valence electrons. The van der Waals surface area contributed by atoms with Crippen LogP contribution in [0.4, 0.5) is 4.39 Å². The van der Waals surface area contributed by atoms with Gasteiger partial charge in [0.15, 0.2) is 0 Å². The van der Waals surface area contributed by atoms with E-state index in [4.69, 9.17) is 29.1 Å². The lowest BCUT2D eigenvalue weighted by Gasteiger charge is -2.31. The van der Waals surface area contributed by atoms with Gasteiger partial charge in [0.2, 0.25) is 0 Å². The minimum Gasteiger partial charge on any atom is -0.493 e. The van der Waals surface area contributed by atoms with E-state index in [1.165, 1.54) is 107 Å². The molecule has 4 saturated carbocycles. The fraction of sp³-hybridized carbons (Fsp3) is 0.705. The van der Waals surface area contributed by atoms with Gasteiger partial charge in [-0.3, -0.25) is 4.79 Å². The van der Waals surface area contributed by atoms with Gasteiger partial charge in [0.1, 0.15) is 17.7 Å². The van der Waals surface area contributed by atoms with Crippen molar-refractivity contribution in [2.45, 2.75) is 206 Å². The highest BCUT2D eigenvalue weighted by Crippen LogP contribution is 2.39. The number of ether oxygens (including phenoxy) is 3. The number of hydrogen-bond donors (Lipinski definition) is 1. The maximum absolute atomic E-state index is 14.5. The number of halogens is 1. The van der Waals surface area contributed by atoms with Gasteiger partial charge in [-0.15, -0.1) is 0 Å². The van der Waals surface area contributed by atoms with E-state index in [0.717, 1.165) is 120 Å². The highest BCUT2D eigenvalue weighted by Gasteiger charge is 2.31. The second-order valence-corrected chi connectivity index (χ2v) is 21.2. The minimum absolute atomic E-state index is 0.0000724. The third-order valence-corrected chi connectivity index (χ3v) is 15.7. The molecule has 4 aliphatic rings. The first-order valence-electron chi connectivity index (χ1n) is 28.3. The standard InChI is InChI=1S/C33H51FO6.C28H42O2/c1-2-3-4-7-10-25-11-15-27(16-12-25)32(36)40-28-17-13-26(14-18-28)24-39-29-19-20-30(31(34)23-29)33(37)38-22-9-6-5-8-21-35;1-3-5-23-12-16-27(17-13-23)28-18-14-25(15-19-28)7-6-24-8-10-26(11-9-24)20-22-30-29-21-4-2/h19-20,23,25-28,35H,2-18,21-22,24H2,1H3;3,5-7,12-13,16-17,24-26,28H,4,8-11,14-15,18-22H2,1-2H3. The summed E-state index contributed by atoms with van der Waals surface area (Å²) in [4.78, 5) is 35.3. The maximum Gasteiger partial charge on any atom is 0.341 e. The fourth-order valence-electron chi connectivity index (χ4n) is 11.1. The third-order valence-electron chi connectivity index (χ3n) is 15.7. The third kappa shape index (κ3) is 21.7. The molecule has 4 aliphatic carbocycles. The average molecular weight is 973 g/mol. The predicted octanol–water partition coefficient (Wildman–Crippen LogP) is 15.9. The lowest BCUT2D eigenvalue weighted by atomic mass is 9.77. The number of allylic oxidation sites excluding steroid dienone is 3. The van der Waals surface area contributed by atoms with Crippen LogP contribution in [0.3, 0.4) is 0 Å². The van der Waals surface area contributed by atoms with Gasteiger partial charge in [0, 0.05) is 12.7 Å². The number of rotatable bonds is 27. The summed E-state index contributed by atoms with van der Waals surface area (Å²) < 4.78 is 31.4. The number of unbranched alkanes of at least 4 members (excludes halogenated alkanes) is 6. The zero-order valence-corrected chi connectivity index (χ0v) is 43.8. The molecule has 0 heterocycles. The van der Waals surface area contributed by atoms with Gasteiger partial charge in [-0.2, -0.15) is 0 Å². The van der Waals surface area contributed by atoms with E-state index < -0.39 is 11.8 Å². The number of carbonyl (C=O) groups is 2. The van der Waals surface area contributed by atoms with Crippen molar-refractivity contribution in [1.29, 1.82) is 0 Å². The van der Waals surface area contributed by atoms with Crippen molar-refractivity contribution in [3.63, 3.8) is 0 Å². The molecule has 2 aromatic rings. The van der Waals surface area contributed by atoms with Gasteiger partial charge < -0.3 is 19.3 Å². The number of carbonyl (C=O) groups excluding carboxylic acids is 2. The Morgan fingerprint density at radius 2 is 1.27 bits per heavy atom. The summed E-state index contributed by atoms with van der Waals surface area (Å²) >= 11 is 0. The van der Waals surface area contributed by atoms with Crippen molar-refractivity contribution in [1.82, 2.24) is 0 Å². The lowest BCUT2D eigenvalue weighted by molar-refractivity contribution is -0.296. The van der Waals surface area contributed by atoms with Crippen LogP contribution in [0.5, 0.6) is 5.75 Å². The van der Waals surface area contributed by atoms with Crippen molar-refractivity contribution in [2.24, 2.45) is 35.5 Å². The van der Waals surface area contributed by atoms with Gasteiger partial charge in [0.25, 0.3) is 0 Å². The Balaban J connectivity index is 0.000000271. The molecule has 0 aromatic heterocycles. The van der Waals surface area contributed by atoms with Crippen LogP contribution in [0.25, 0.3) is 6.08 Å². The summed E-state index contributed by atoms with van der Waals surface area (Å²) in [5.41, 5.74) is 2.75. The van der Waals surface area contributed by atoms with Crippen LogP contribution in [0, 0.1) is 41.3 Å². The molecule has 9 heteroatoms. The summed E-state index contributed by atoms with van der Waals surface area (Å²) in [7, 11) is 0. The highest BCUT2D eigenvalue weighted by atomic mass is 19.1. The summed E-state index contributed by atoms with van der Waals surface area (Å²) in [6.07, 6.45) is 39.8. The SMILES string of the molecule is CC=Cc1ccc(C2CCC(C=CC3CCC(CCOOCCC)CC3)CC2)cc1.CCCCCCC1CCC(C(=O)OC2CCC(COc3ccc(C(=O)OCCCCCCO)c(F)c3)CC2)CC1. The highest BCUT2D eigenvalue weighted by molar-refractivity contribution is 5.89. The number of esters is 2. The van der Waals surface area contributed by atoms with E-state index in [1.807, 2.05) is 0 Å². The smallest absolute Gasteiger partial charge is 0.341 e. The Labute approximate surface area is 423 Å². The molecule has 1 N–H and O–H groups in total. The molecule has 0 amide bonds. The van der Waals surface area contributed by atoms with E-state index in [0.29, 0.717) is 31.3 Å². The second kappa shape index (κ2) is 34.0. The van der Waals surface area contributed by atoms with Gasteiger partial charge in [-0.1, -0.05) is 101 Å². The van der Waals surface area contributed by atoms with E-state index in [9.17, 15) is 14.0 Å². The first-order valence-corrected chi connectivity index (χ1v) is 28.3. The molecule has 0 aliphatic heterocycles. The molecule has 2 aromatic carbocycles. The molecular weight excluding hydrogens is 880 g/mol. The van der Waals surface area contributed by atoms with Crippen LogP contribution in [-0.2, 0) is 24.0 Å². The van der Waals surface area contributed by atoms with Crippen molar-refractivity contribution in [3.05, 3.63) is 83.2 Å². The average Bonchev–Trinajstić information content (AvgIpc) is 3.39. The predicted molar refractivity (Wildman–Crippen MR) is 281 cm³/mol. The summed E-state index contributed by atoms with van der Waals surface area (Å²) in [6.45, 7) is 8.77. The van der Waals surface area contributed by atoms with Crippen molar-refractivity contribution in [3.8, 4) is 5.75 Å². The normalized spacial score (nSPS) is 25.0.